The van der Waals surface area contributed by atoms with Crippen molar-refractivity contribution in [2.24, 2.45) is 11.3 Å². The van der Waals surface area contributed by atoms with Crippen LogP contribution in [0.4, 0.5) is 0 Å². The highest BCUT2D eigenvalue weighted by molar-refractivity contribution is 7.99. The molecule has 2 nitrogen and oxygen atoms in total. The zero-order valence-electron chi connectivity index (χ0n) is 12.8. The molecule has 1 aliphatic heterocycles. The van der Waals surface area contributed by atoms with Gasteiger partial charge in [-0.3, -0.25) is 4.79 Å². The van der Waals surface area contributed by atoms with E-state index in [2.05, 4.69) is 17.0 Å². The predicted molar refractivity (Wildman–Crippen MR) is 91.3 cm³/mol. The summed E-state index contributed by atoms with van der Waals surface area (Å²) in [6.45, 7) is 0.990. The maximum Gasteiger partial charge on any atom is 0.229 e. The van der Waals surface area contributed by atoms with Crippen molar-refractivity contribution in [3.63, 3.8) is 0 Å². The number of fused-ring (bicyclic) bond motifs is 1. The van der Waals surface area contributed by atoms with Crippen molar-refractivity contribution < 1.29 is 4.79 Å². The van der Waals surface area contributed by atoms with Crippen molar-refractivity contribution in [3.05, 3.63) is 29.3 Å². The minimum atomic E-state index is 0.138. The van der Waals surface area contributed by atoms with E-state index in [1.54, 1.807) is 0 Å². The van der Waals surface area contributed by atoms with Crippen molar-refractivity contribution in [1.29, 1.82) is 0 Å². The normalized spacial score (nSPS) is 32.5. The van der Waals surface area contributed by atoms with Crippen LogP contribution in [0.5, 0.6) is 0 Å². The van der Waals surface area contributed by atoms with Gasteiger partial charge in [-0.25, -0.2) is 0 Å². The van der Waals surface area contributed by atoms with Crippen LogP contribution in [0, 0.1) is 11.3 Å². The molecule has 22 heavy (non-hydrogen) atoms. The van der Waals surface area contributed by atoms with Crippen LogP contribution in [0.2, 0.25) is 5.02 Å². The summed E-state index contributed by atoms with van der Waals surface area (Å²) in [7, 11) is 0. The Bertz CT molecular complexity index is 567. The van der Waals surface area contributed by atoms with Crippen LogP contribution in [-0.4, -0.2) is 29.1 Å². The smallest absolute Gasteiger partial charge is 0.229 e. The molecule has 0 spiro atoms. The summed E-state index contributed by atoms with van der Waals surface area (Å²) in [5, 5.41) is 0.788. The highest BCUT2D eigenvalue weighted by atomic mass is 35.5. The van der Waals surface area contributed by atoms with E-state index in [-0.39, 0.29) is 5.41 Å². The number of hydrogen-bond acceptors (Lipinski definition) is 2. The second-order valence-corrected chi connectivity index (χ2v) is 8.61. The summed E-state index contributed by atoms with van der Waals surface area (Å²) in [4.78, 5) is 16.2. The molecule has 1 amide bonds. The molecule has 0 bridgehead atoms. The lowest BCUT2D eigenvalue weighted by atomic mass is 9.98. The van der Waals surface area contributed by atoms with Crippen LogP contribution in [0.3, 0.4) is 0 Å². The summed E-state index contributed by atoms with van der Waals surface area (Å²) in [5.74, 6) is 2.32. The van der Waals surface area contributed by atoms with E-state index in [0.29, 0.717) is 11.9 Å². The molecule has 2 saturated carbocycles. The van der Waals surface area contributed by atoms with Gasteiger partial charge in [0.15, 0.2) is 0 Å². The average molecular weight is 336 g/mol. The van der Waals surface area contributed by atoms with Crippen molar-refractivity contribution in [1.82, 2.24) is 4.90 Å². The Morgan fingerprint density at radius 3 is 2.68 bits per heavy atom. The van der Waals surface area contributed by atoms with Crippen molar-refractivity contribution in [2.75, 3.05) is 12.3 Å². The molecular formula is C18H22ClNOS. The predicted octanol–water partition coefficient (Wildman–Crippen LogP) is 4.61. The largest absolute Gasteiger partial charge is 0.339 e. The molecule has 3 aliphatic rings. The minimum Gasteiger partial charge on any atom is -0.339 e. The van der Waals surface area contributed by atoms with Gasteiger partial charge < -0.3 is 4.90 Å². The van der Waals surface area contributed by atoms with E-state index >= 15 is 0 Å². The summed E-state index contributed by atoms with van der Waals surface area (Å²) in [5.41, 5.74) is 0.138. The van der Waals surface area contributed by atoms with Crippen LogP contribution in [0.1, 0.15) is 38.5 Å². The second kappa shape index (κ2) is 5.76. The third-order valence-corrected chi connectivity index (χ3v) is 6.83. The Labute approximate surface area is 141 Å². The first kappa shape index (κ1) is 14.9. The van der Waals surface area contributed by atoms with Crippen molar-refractivity contribution >= 4 is 29.3 Å². The van der Waals surface area contributed by atoms with Crippen LogP contribution >= 0.6 is 23.4 Å². The number of likely N-dealkylation sites (tertiary alicyclic amines) is 1. The molecule has 118 valence electrons. The maximum absolute atomic E-state index is 12.7. The van der Waals surface area contributed by atoms with Crippen LogP contribution in [0.25, 0.3) is 0 Å². The molecule has 1 atom stereocenters. The fourth-order valence-corrected chi connectivity index (χ4v) is 4.83. The molecule has 0 radical (unpaired) electrons. The number of carbonyl (C=O) groups excluding carboxylic acids is 1. The van der Waals surface area contributed by atoms with Gasteiger partial charge in [-0.2, -0.15) is 0 Å². The van der Waals surface area contributed by atoms with Gasteiger partial charge in [-0.05, 0) is 74.5 Å². The molecular weight excluding hydrogens is 314 g/mol. The number of benzene rings is 1. The van der Waals surface area contributed by atoms with Gasteiger partial charge in [0.1, 0.15) is 0 Å². The van der Waals surface area contributed by atoms with Crippen LogP contribution in [-0.2, 0) is 4.79 Å². The van der Waals surface area contributed by atoms with Gasteiger partial charge in [0.25, 0.3) is 0 Å². The van der Waals surface area contributed by atoms with E-state index in [9.17, 15) is 4.79 Å². The Morgan fingerprint density at radius 2 is 2.00 bits per heavy atom. The van der Waals surface area contributed by atoms with Crippen LogP contribution < -0.4 is 0 Å². The van der Waals surface area contributed by atoms with Crippen LogP contribution in [0.15, 0.2) is 29.2 Å². The summed E-state index contributed by atoms with van der Waals surface area (Å²) >= 11 is 7.79. The third kappa shape index (κ3) is 2.78. The van der Waals surface area contributed by atoms with E-state index in [4.69, 9.17) is 11.6 Å². The van der Waals surface area contributed by atoms with E-state index in [1.807, 2.05) is 23.9 Å². The Balaban J connectivity index is 1.32. The number of piperidine rings is 1. The summed E-state index contributed by atoms with van der Waals surface area (Å²) in [6.07, 6.45) is 7.11. The highest BCUT2D eigenvalue weighted by Gasteiger charge is 2.75. The maximum atomic E-state index is 12.7. The Hall–Kier alpha value is -0.670. The fraction of sp³-hybridized carbons (Fsp3) is 0.611. The first-order chi connectivity index (χ1) is 10.7. The van der Waals surface area contributed by atoms with E-state index in [1.165, 1.54) is 37.0 Å². The zero-order chi connectivity index (χ0) is 15.2. The summed E-state index contributed by atoms with van der Waals surface area (Å²) in [6, 6.07) is 8.51. The first-order valence-corrected chi connectivity index (χ1v) is 9.75. The molecule has 1 aromatic rings. The van der Waals surface area contributed by atoms with Gasteiger partial charge in [0.2, 0.25) is 5.91 Å². The molecule has 4 rings (SSSR count). The molecule has 1 saturated heterocycles. The standard InChI is InChI=1S/C18H22ClNOS/c19-14-4-6-16(7-5-14)22-10-8-15-3-1-2-9-20(15)17(21)18-11-13(18)12-18/h4-7,13,15H,1-3,8-12H2. The Morgan fingerprint density at radius 1 is 1.27 bits per heavy atom. The second-order valence-electron chi connectivity index (χ2n) is 7.00. The fourth-order valence-electron chi connectivity index (χ4n) is 3.75. The van der Waals surface area contributed by atoms with Gasteiger partial charge in [-0.1, -0.05) is 11.6 Å². The number of hydrogen-bond donors (Lipinski definition) is 0. The Kier molecular flexibility index (Phi) is 3.90. The number of amides is 1. The van der Waals surface area contributed by atoms with Gasteiger partial charge >= 0.3 is 0 Å². The lowest BCUT2D eigenvalue weighted by Crippen LogP contribution is -2.46. The molecule has 0 aromatic heterocycles. The monoisotopic (exact) mass is 335 g/mol. The zero-order valence-corrected chi connectivity index (χ0v) is 14.3. The van der Waals surface area contributed by atoms with Crippen molar-refractivity contribution in [2.45, 2.75) is 49.5 Å². The average Bonchev–Trinajstić information content (AvgIpc) is 3.39. The minimum absolute atomic E-state index is 0.138. The highest BCUT2D eigenvalue weighted by Crippen LogP contribution is 2.76. The SMILES string of the molecule is O=C(N1CCCCC1CCSc1ccc(Cl)cc1)C12CC1C2. The first-order valence-electron chi connectivity index (χ1n) is 8.38. The van der Waals surface area contributed by atoms with Gasteiger partial charge in [0.05, 0.1) is 5.41 Å². The third-order valence-electron chi connectivity index (χ3n) is 5.53. The lowest BCUT2D eigenvalue weighted by molar-refractivity contribution is -0.138. The molecule has 1 aromatic carbocycles. The van der Waals surface area contributed by atoms with E-state index in [0.717, 1.165) is 29.7 Å². The van der Waals surface area contributed by atoms with E-state index < -0.39 is 0 Å². The number of rotatable bonds is 5. The molecule has 1 unspecified atom stereocenters. The summed E-state index contributed by atoms with van der Waals surface area (Å²) < 4.78 is 0. The van der Waals surface area contributed by atoms with Crippen molar-refractivity contribution in [3.8, 4) is 0 Å². The lowest BCUT2D eigenvalue weighted by Gasteiger charge is -2.37. The number of nitrogens with zero attached hydrogens (tertiary/aromatic N) is 1. The molecule has 1 heterocycles. The van der Waals surface area contributed by atoms with Gasteiger partial charge in [-0.15, -0.1) is 11.8 Å². The molecule has 2 aliphatic carbocycles. The molecule has 4 heteroatoms. The quantitative estimate of drug-likeness (QED) is 0.732. The molecule has 3 fully saturated rings. The number of thioether (sulfide) groups is 1. The topological polar surface area (TPSA) is 20.3 Å². The molecule has 0 N–H and O–H groups in total. The number of halogens is 1. The van der Waals surface area contributed by atoms with Gasteiger partial charge in [0, 0.05) is 22.5 Å². The number of carbonyl (C=O) groups is 1.